The van der Waals surface area contributed by atoms with Crippen LogP contribution >= 0.6 is 0 Å². The van der Waals surface area contributed by atoms with E-state index in [-0.39, 0.29) is 0 Å². The van der Waals surface area contributed by atoms with E-state index in [2.05, 4.69) is 22.1 Å². The second-order valence-electron chi connectivity index (χ2n) is 6.92. The zero-order valence-corrected chi connectivity index (χ0v) is 17.7. The van der Waals surface area contributed by atoms with E-state index in [9.17, 15) is 0 Å². The number of aromatic nitrogens is 1. The van der Waals surface area contributed by atoms with Gasteiger partial charge in [0.2, 0.25) is 0 Å². The smallest absolute Gasteiger partial charge is 0.140 e. The van der Waals surface area contributed by atoms with Gasteiger partial charge < -0.3 is 20.5 Å². The molecule has 3 N–H and O–H groups in total. The highest BCUT2D eigenvalue weighted by molar-refractivity contribution is 5.80. The van der Waals surface area contributed by atoms with Gasteiger partial charge in [0.05, 0.1) is 12.1 Å². The number of ether oxygens (including phenoxy) is 2. The molecule has 1 aromatic heterocycles. The normalized spacial score (nSPS) is 10.0. The SMILES string of the molecule is CC#CCNc1cccc(Oc2ccnc(N)c2-c2ccc(Oc3ccccc3)cc2)c1. The Kier molecular flexibility index (Phi) is 6.54. The molecule has 4 rings (SSSR count). The number of nitrogen functional groups attached to an aromatic ring is 1. The number of nitrogens with two attached hydrogens (primary N) is 1. The Morgan fingerprint density at radius 2 is 1.59 bits per heavy atom. The number of pyridine rings is 1. The van der Waals surface area contributed by atoms with Gasteiger partial charge in [0.25, 0.3) is 0 Å². The molecular weight excluding hydrogens is 398 g/mol. The van der Waals surface area contributed by atoms with Crippen LogP contribution in [0.15, 0.2) is 91.1 Å². The third-order valence-corrected chi connectivity index (χ3v) is 4.68. The van der Waals surface area contributed by atoms with Crippen molar-refractivity contribution in [2.75, 3.05) is 17.6 Å². The minimum Gasteiger partial charge on any atom is -0.457 e. The average Bonchev–Trinajstić information content (AvgIpc) is 2.81. The maximum absolute atomic E-state index is 6.23. The molecule has 32 heavy (non-hydrogen) atoms. The molecule has 0 radical (unpaired) electrons. The monoisotopic (exact) mass is 421 g/mol. The first-order valence-corrected chi connectivity index (χ1v) is 10.2. The van der Waals surface area contributed by atoms with Gasteiger partial charge in [-0.05, 0) is 55.0 Å². The van der Waals surface area contributed by atoms with Crippen molar-refractivity contribution in [1.82, 2.24) is 4.98 Å². The van der Waals surface area contributed by atoms with E-state index in [1.54, 1.807) is 6.20 Å². The number of hydrogen-bond donors (Lipinski definition) is 2. The number of para-hydroxylation sites is 1. The Hall–Kier alpha value is -4.43. The van der Waals surface area contributed by atoms with Crippen LogP contribution in [-0.2, 0) is 0 Å². The average molecular weight is 422 g/mol. The molecule has 0 saturated carbocycles. The van der Waals surface area contributed by atoms with Crippen molar-refractivity contribution in [1.29, 1.82) is 0 Å². The summed E-state index contributed by atoms with van der Waals surface area (Å²) in [5, 5.41) is 3.25. The molecule has 0 aliphatic heterocycles. The van der Waals surface area contributed by atoms with Crippen molar-refractivity contribution in [3.63, 3.8) is 0 Å². The summed E-state index contributed by atoms with van der Waals surface area (Å²) in [6, 6.07) is 26.9. The maximum Gasteiger partial charge on any atom is 0.140 e. The molecule has 158 valence electrons. The zero-order chi connectivity index (χ0) is 22.2. The Labute approximate surface area is 187 Å². The predicted octanol–water partition coefficient (Wildman–Crippen LogP) is 6.35. The van der Waals surface area contributed by atoms with Gasteiger partial charge in [0, 0.05) is 18.0 Å². The third-order valence-electron chi connectivity index (χ3n) is 4.68. The summed E-state index contributed by atoms with van der Waals surface area (Å²) in [4.78, 5) is 4.25. The lowest BCUT2D eigenvalue weighted by Crippen LogP contribution is -1.99. The standard InChI is InChI=1S/C27H23N3O2/c1-2-3-17-29-21-8-7-11-24(19-21)32-25-16-18-30-27(28)26(25)20-12-14-23(15-13-20)31-22-9-5-4-6-10-22/h4-16,18-19,29H,17H2,1H3,(H2,28,30). The van der Waals surface area contributed by atoms with Crippen LogP contribution < -0.4 is 20.5 Å². The summed E-state index contributed by atoms with van der Waals surface area (Å²) in [7, 11) is 0. The summed E-state index contributed by atoms with van der Waals surface area (Å²) >= 11 is 0. The highest BCUT2D eigenvalue weighted by atomic mass is 16.5. The number of nitrogens with one attached hydrogen (secondary N) is 1. The molecule has 0 aliphatic rings. The lowest BCUT2D eigenvalue weighted by Gasteiger charge is -2.14. The van der Waals surface area contributed by atoms with E-state index in [4.69, 9.17) is 15.2 Å². The number of benzene rings is 3. The molecule has 1 heterocycles. The lowest BCUT2D eigenvalue weighted by molar-refractivity contribution is 0.482. The second-order valence-corrected chi connectivity index (χ2v) is 6.92. The highest BCUT2D eigenvalue weighted by Gasteiger charge is 2.13. The Morgan fingerprint density at radius 3 is 2.38 bits per heavy atom. The van der Waals surface area contributed by atoms with Crippen molar-refractivity contribution in [2.45, 2.75) is 6.92 Å². The molecule has 0 aliphatic carbocycles. The van der Waals surface area contributed by atoms with Crippen LogP contribution in [-0.4, -0.2) is 11.5 Å². The van der Waals surface area contributed by atoms with Crippen molar-refractivity contribution in [3.8, 4) is 46.0 Å². The van der Waals surface area contributed by atoms with E-state index in [1.807, 2.05) is 91.9 Å². The fraction of sp³-hybridized carbons (Fsp3) is 0.0741. The number of anilines is 2. The van der Waals surface area contributed by atoms with E-state index in [0.29, 0.717) is 23.9 Å². The first kappa shape index (κ1) is 20.8. The molecule has 0 saturated heterocycles. The van der Waals surface area contributed by atoms with Crippen LogP contribution in [0.5, 0.6) is 23.0 Å². The number of hydrogen-bond acceptors (Lipinski definition) is 5. The third kappa shape index (κ3) is 5.18. The lowest BCUT2D eigenvalue weighted by atomic mass is 10.1. The van der Waals surface area contributed by atoms with Gasteiger partial charge in [-0.15, -0.1) is 5.92 Å². The first-order chi connectivity index (χ1) is 15.7. The molecular formula is C27H23N3O2. The van der Waals surface area contributed by atoms with Gasteiger partial charge in [-0.2, -0.15) is 0 Å². The van der Waals surface area contributed by atoms with Crippen LogP contribution in [0.25, 0.3) is 11.1 Å². The summed E-state index contributed by atoms with van der Waals surface area (Å²) in [5.74, 6) is 9.08. The van der Waals surface area contributed by atoms with Gasteiger partial charge in [-0.1, -0.05) is 42.3 Å². The molecule has 0 atom stereocenters. The zero-order valence-electron chi connectivity index (χ0n) is 17.7. The van der Waals surface area contributed by atoms with Crippen molar-refractivity contribution in [2.24, 2.45) is 0 Å². The minimum absolute atomic E-state index is 0.395. The predicted molar refractivity (Wildman–Crippen MR) is 129 cm³/mol. The van der Waals surface area contributed by atoms with E-state index >= 15 is 0 Å². The van der Waals surface area contributed by atoms with E-state index in [0.717, 1.165) is 28.3 Å². The van der Waals surface area contributed by atoms with Gasteiger partial charge in [0.15, 0.2) is 0 Å². The molecule has 0 unspecified atom stereocenters. The van der Waals surface area contributed by atoms with Gasteiger partial charge >= 0.3 is 0 Å². The molecule has 0 bridgehead atoms. The molecule has 3 aromatic carbocycles. The van der Waals surface area contributed by atoms with Crippen LogP contribution in [0, 0.1) is 11.8 Å². The maximum atomic E-state index is 6.23. The first-order valence-electron chi connectivity index (χ1n) is 10.2. The summed E-state index contributed by atoms with van der Waals surface area (Å²) in [5.41, 5.74) is 8.77. The van der Waals surface area contributed by atoms with Crippen molar-refractivity contribution in [3.05, 3.63) is 91.1 Å². The minimum atomic E-state index is 0.395. The van der Waals surface area contributed by atoms with Gasteiger partial charge in [0.1, 0.15) is 28.8 Å². The van der Waals surface area contributed by atoms with Crippen molar-refractivity contribution >= 4 is 11.5 Å². The van der Waals surface area contributed by atoms with Crippen LogP contribution in [0.3, 0.4) is 0 Å². The highest BCUT2D eigenvalue weighted by Crippen LogP contribution is 2.38. The Bertz CT molecular complexity index is 1240. The quantitative estimate of drug-likeness (QED) is 0.340. The summed E-state index contributed by atoms with van der Waals surface area (Å²) in [6.45, 7) is 2.39. The topological polar surface area (TPSA) is 69.4 Å². The molecule has 4 aromatic rings. The second kappa shape index (κ2) is 10.1. The molecule has 0 spiro atoms. The number of rotatable bonds is 7. The molecule has 0 fully saturated rings. The van der Waals surface area contributed by atoms with Crippen molar-refractivity contribution < 1.29 is 9.47 Å². The van der Waals surface area contributed by atoms with Crippen LogP contribution in [0.2, 0.25) is 0 Å². The van der Waals surface area contributed by atoms with E-state index in [1.165, 1.54) is 0 Å². The van der Waals surface area contributed by atoms with Gasteiger partial charge in [-0.3, -0.25) is 0 Å². The largest absolute Gasteiger partial charge is 0.457 e. The van der Waals surface area contributed by atoms with Crippen LogP contribution in [0.1, 0.15) is 6.92 Å². The number of nitrogens with zero attached hydrogens (tertiary/aromatic N) is 1. The molecule has 5 heteroatoms. The fourth-order valence-electron chi connectivity index (χ4n) is 3.18. The fourth-order valence-corrected chi connectivity index (χ4v) is 3.18. The Balaban J connectivity index is 1.57. The van der Waals surface area contributed by atoms with E-state index < -0.39 is 0 Å². The van der Waals surface area contributed by atoms with Crippen LogP contribution in [0.4, 0.5) is 11.5 Å². The Morgan fingerprint density at radius 1 is 0.844 bits per heavy atom. The molecule has 0 amide bonds. The summed E-state index contributed by atoms with van der Waals surface area (Å²) in [6.07, 6.45) is 1.64. The molecule has 5 nitrogen and oxygen atoms in total. The summed E-state index contributed by atoms with van der Waals surface area (Å²) < 4.78 is 12.1. The van der Waals surface area contributed by atoms with Gasteiger partial charge in [-0.25, -0.2) is 4.98 Å².